The van der Waals surface area contributed by atoms with Crippen molar-refractivity contribution in [2.45, 2.75) is 17.8 Å². The lowest BCUT2D eigenvalue weighted by Crippen LogP contribution is -2.27. The fraction of sp³-hybridized carbons (Fsp3) is 0.235. The maximum absolute atomic E-state index is 12.3. The highest BCUT2D eigenvalue weighted by Crippen LogP contribution is 2.28. The van der Waals surface area contributed by atoms with Gasteiger partial charge in [-0.15, -0.1) is 10.2 Å². The van der Waals surface area contributed by atoms with E-state index in [1.165, 1.54) is 23.1 Å². The molecule has 0 aliphatic heterocycles. The summed E-state index contributed by atoms with van der Waals surface area (Å²) in [5.41, 5.74) is 0.927. The number of aryl methyl sites for hydroxylation is 1. The second-order valence-corrected chi connectivity index (χ2v) is 8.67. The lowest BCUT2D eigenvalue weighted by molar-refractivity contribution is -0.127. The normalized spacial score (nSPS) is 10.7. The largest absolute Gasteiger partial charge is 0.464 e. The van der Waals surface area contributed by atoms with E-state index in [2.05, 4.69) is 31.4 Å². The number of carbonyl (C=O) groups is 1. The smallest absolute Gasteiger partial charge is 0.233 e. The van der Waals surface area contributed by atoms with E-state index in [1.54, 1.807) is 11.9 Å². The lowest BCUT2D eigenvalue weighted by Gasteiger charge is -2.14. The Morgan fingerprint density at radius 2 is 2.19 bits per heavy atom. The fourth-order valence-electron chi connectivity index (χ4n) is 2.13. The number of benzene rings is 1. The van der Waals surface area contributed by atoms with Gasteiger partial charge in [0.25, 0.3) is 0 Å². The Bertz CT molecular complexity index is 896. The number of halogens is 1. The number of aromatic nitrogens is 2. The van der Waals surface area contributed by atoms with E-state index in [1.807, 2.05) is 43.3 Å². The van der Waals surface area contributed by atoms with Crippen LogP contribution in [0.4, 0.5) is 10.8 Å². The molecule has 0 saturated heterocycles. The van der Waals surface area contributed by atoms with Crippen LogP contribution in [0.1, 0.15) is 11.5 Å². The molecule has 0 radical (unpaired) electrons. The van der Waals surface area contributed by atoms with Gasteiger partial charge < -0.3 is 14.6 Å². The van der Waals surface area contributed by atoms with Gasteiger partial charge in [-0.3, -0.25) is 4.79 Å². The molecule has 0 fully saturated rings. The maximum Gasteiger partial charge on any atom is 0.233 e. The first-order valence-electron chi connectivity index (χ1n) is 7.78. The summed E-state index contributed by atoms with van der Waals surface area (Å²) in [5, 5.41) is 12.1. The van der Waals surface area contributed by atoms with Gasteiger partial charge in [0.15, 0.2) is 4.34 Å². The molecule has 0 bridgehead atoms. The molecule has 0 atom stereocenters. The molecule has 2 aromatic heterocycles. The van der Waals surface area contributed by atoms with Gasteiger partial charge in [-0.2, -0.15) is 0 Å². The molecule has 9 heteroatoms. The van der Waals surface area contributed by atoms with Gasteiger partial charge in [-0.1, -0.05) is 45.1 Å². The maximum atomic E-state index is 12.3. The van der Waals surface area contributed by atoms with Crippen molar-refractivity contribution in [2.75, 3.05) is 18.1 Å². The molecular weight excluding hydrogens is 436 g/mol. The second-order valence-electron chi connectivity index (χ2n) is 5.56. The SMILES string of the molecule is Cc1ccc(CN(C)C(=O)CSc2nnc(Nc3cccc(Br)c3)s2)o1. The molecule has 136 valence electrons. The topological polar surface area (TPSA) is 71.3 Å². The molecule has 1 amide bonds. The van der Waals surface area contributed by atoms with Crippen molar-refractivity contribution in [1.29, 1.82) is 0 Å². The molecule has 0 aliphatic carbocycles. The highest BCUT2D eigenvalue weighted by atomic mass is 79.9. The Kier molecular flexibility index (Phi) is 6.33. The molecule has 0 spiro atoms. The van der Waals surface area contributed by atoms with Crippen LogP contribution in [0.2, 0.25) is 0 Å². The molecule has 2 heterocycles. The molecule has 26 heavy (non-hydrogen) atoms. The number of amides is 1. The zero-order valence-electron chi connectivity index (χ0n) is 14.2. The summed E-state index contributed by atoms with van der Waals surface area (Å²) in [6, 6.07) is 11.6. The number of carbonyl (C=O) groups excluding carboxylic acids is 1. The van der Waals surface area contributed by atoms with Gasteiger partial charge in [0.1, 0.15) is 11.5 Å². The van der Waals surface area contributed by atoms with Crippen molar-refractivity contribution in [1.82, 2.24) is 15.1 Å². The highest BCUT2D eigenvalue weighted by Gasteiger charge is 2.13. The molecule has 0 saturated carbocycles. The van der Waals surface area contributed by atoms with Crippen LogP contribution >= 0.6 is 39.0 Å². The molecule has 1 aromatic carbocycles. The molecule has 0 aliphatic rings. The number of nitrogens with zero attached hydrogens (tertiary/aromatic N) is 3. The number of nitrogens with one attached hydrogen (secondary N) is 1. The Labute approximate surface area is 168 Å². The van der Waals surface area contributed by atoms with Gasteiger partial charge >= 0.3 is 0 Å². The van der Waals surface area contributed by atoms with E-state index < -0.39 is 0 Å². The monoisotopic (exact) mass is 452 g/mol. The Morgan fingerprint density at radius 1 is 1.35 bits per heavy atom. The minimum absolute atomic E-state index is 0.0146. The van der Waals surface area contributed by atoms with Crippen molar-refractivity contribution in [2.24, 2.45) is 0 Å². The third-order valence-electron chi connectivity index (χ3n) is 3.42. The lowest BCUT2D eigenvalue weighted by atomic mass is 10.3. The summed E-state index contributed by atoms with van der Waals surface area (Å²) in [5.74, 6) is 1.94. The average Bonchev–Trinajstić information content (AvgIpc) is 3.21. The minimum atomic E-state index is 0.0146. The van der Waals surface area contributed by atoms with Crippen LogP contribution in [0.25, 0.3) is 0 Å². The van der Waals surface area contributed by atoms with Gasteiger partial charge in [-0.25, -0.2) is 0 Å². The Hall–Kier alpha value is -1.84. The van der Waals surface area contributed by atoms with E-state index in [0.29, 0.717) is 17.4 Å². The summed E-state index contributed by atoms with van der Waals surface area (Å²) in [4.78, 5) is 13.9. The number of thioether (sulfide) groups is 1. The number of hydrogen-bond donors (Lipinski definition) is 1. The Morgan fingerprint density at radius 3 is 2.92 bits per heavy atom. The number of hydrogen-bond acceptors (Lipinski definition) is 7. The predicted octanol–water partition coefficient (Wildman–Crippen LogP) is 4.70. The van der Waals surface area contributed by atoms with E-state index in [4.69, 9.17) is 4.42 Å². The van der Waals surface area contributed by atoms with E-state index in [0.717, 1.165) is 26.0 Å². The zero-order valence-corrected chi connectivity index (χ0v) is 17.4. The molecule has 1 N–H and O–H groups in total. The quantitative estimate of drug-likeness (QED) is 0.523. The molecule has 3 rings (SSSR count). The summed E-state index contributed by atoms with van der Waals surface area (Å²) in [6.07, 6.45) is 0. The van der Waals surface area contributed by atoms with Crippen LogP contribution in [0.5, 0.6) is 0 Å². The molecule has 0 unspecified atom stereocenters. The number of anilines is 2. The highest BCUT2D eigenvalue weighted by molar-refractivity contribution is 9.10. The van der Waals surface area contributed by atoms with E-state index in [9.17, 15) is 4.79 Å². The second kappa shape index (κ2) is 8.70. The van der Waals surface area contributed by atoms with Gasteiger partial charge in [0, 0.05) is 17.2 Å². The molecular formula is C17H17BrN4O2S2. The van der Waals surface area contributed by atoms with Crippen LogP contribution < -0.4 is 5.32 Å². The van der Waals surface area contributed by atoms with Gasteiger partial charge in [0.05, 0.1) is 12.3 Å². The van der Waals surface area contributed by atoms with Crippen molar-refractivity contribution in [3.05, 3.63) is 52.4 Å². The summed E-state index contributed by atoms with van der Waals surface area (Å²) < 4.78 is 7.24. The minimum Gasteiger partial charge on any atom is -0.464 e. The average molecular weight is 453 g/mol. The fourth-order valence-corrected chi connectivity index (χ4v) is 4.25. The predicted molar refractivity (Wildman–Crippen MR) is 108 cm³/mol. The van der Waals surface area contributed by atoms with Crippen LogP contribution in [-0.4, -0.2) is 33.8 Å². The summed E-state index contributed by atoms with van der Waals surface area (Å²) in [7, 11) is 1.76. The van der Waals surface area contributed by atoms with Gasteiger partial charge in [0.2, 0.25) is 11.0 Å². The molecule has 6 nitrogen and oxygen atoms in total. The first kappa shape index (κ1) is 18.9. The number of furan rings is 1. The standard InChI is InChI=1S/C17H17BrN4O2S2/c1-11-6-7-14(24-11)9-22(2)15(23)10-25-17-21-20-16(26-17)19-13-5-3-4-12(18)8-13/h3-8H,9-10H2,1-2H3,(H,19,20). The summed E-state index contributed by atoms with van der Waals surface area (Å²) >= 11 is 6.24. The van der Waals surface area contributed by atoms with Crippen LogP contribution in [0.3, 0.4) is 0 Å². The van der Waals surface area contributed by atoms with Crippen molar-refractivity contribution < 1.29 is 9.21 Å². The van der Waals surface area contributed by atoms with Crippen molar-refractivity contribution in [3.63, 3.8) is 0 Å². The third-order valence-corrected chi connectivity index (χ3v) is 5.87. The van der Waals surface area contributed by atoms with Gasteiger partial charge in [-0.05, 0) is 37.3 Å². The number of rotatable bonds is 7. The first-order chi connectivity index (χ1) is 12.5. The van der Waals surface area contributed by atoms with E-state index >= 15 is 0 Å². The Balaban J connectivity index is 1.50. The zero-order chi connectivity index (χ0) is 18.5. The molecule has 3 aromatic rings. The van der Waals surface area contributed by atoms with Crippen molar-refractivity contribution in [3.8, 4) is 0 Å². The van der Waals surface area contributed by atoms with Crippen LogP contribution in [0.15, 0.2) is 49.6 Å². The first-order valence-corrected chi connectivity index (χ1v) is 10.4. The van der Waals surface area contributed by atoms with Crippen LogP contribution in [-0.2, 0) is 11.3 Å². The summed E-state index contributed by atoms with van der Waals surface area (Å²) in [6.45, 7) is 2.34. The van der Waals surface area contributed by atoms with Crippen molar-refractivity contribution >= 4 is 55.8 Å². The third kappa shape index (κ3) is 5.33. The van der Waals surface area contributed by atoms with Crippen LogP contribution in [0, 0.1) is 6.92 Å². The van der Waals surface area contributed by atoms with E-state index in [-0.39, 0.29) is 5.91 Å².